The van der Waals surface area contributed by atoms with E-state index in [0.29, 0.717) is 18.4 Å². The fraction of sp³-hybridized carbons (Fsp3) is 0.647. The van der Waals surface area contributed by atoms with Gasteiger partial charge in [0, 0.05) is 19.1 Å². The zero-order valence-corrected chi connectivity index (χ0v) is 12.9. The number of nitrogens with one attached hydrogen (secondary N) is 1. The molecule has 1 fully saturated rings. The van der Waals surface area contributed by atoms with Gasteiger partial charge in [-0.3, -0.25) is 0 Å². The standard InChI is InChI=1S/C17H27NO2/c1-4-19-16-7-5-6-14(10-16)17-15(8-9-20-17)12-18-11-13(2)3/h5-7,10,13,15,17-18H,4,8-9,11-12H2,1-3H3. The van der Waals surface area contributed by atoms with Gasteiger partial charge in [0.25, 0.3) is 0 Å². The van der Waals surface area contributed by atoms with Crippen molar-refractivity contribution in [3.63, 3.8) is 0 Å². The third kappa shape index (κ3) is 4.22. The highest BCUT2D eigenvalue weighted by Gasteiger charge is 2.29. The first-order valence-electron chi connectivity index (χ1n) is 7.75. The van der Waals surface area contributed by atoms with Crippen LogP contribution < -0.4 is 10.1 Å². The van der Waals surface area contributed by atoms with Crippen LogP contribution in [0, 0.1) is 11.8 Å². The quantitative estimate of drug-likeness (QED) is 0.828. The van der Waals surface area contributed by atoms with E-state index in [9.17, 15) is 0 Å². The highest BCUT2D eigenvalue weighted by Crippen LogP contribution is 2.35. The Balaban J connectivity index is 1.97. The molecule has 0 spiro atoms. The molecule has 2 rings (SSSR count). The minimum atomic E-state index is 0.204. The molecule has 20 heavy (non-hydrogen) atoms. The van der Waals surface area contributed by atoms with Crippen molar-refractivity contribution in [3.8, 4) is 5.75 Å². The zero-order chi connectivity index (χ0) is 14.4. The Morgan fingerprint density at radius 1 is 1.40 bits per heavy atom. The van der Waals surface area contributed by atoms with Crippen LogP contribution in [0.25, 0.3) is 0 Å². The summed E-state index contributed by atoms with van der Waals surface area (Å²) < 4.78 is 11.5. The van der Waals surface area contributed by atoms with Gasteiger partial charge in [0.2, 0.25) is 0 Å². The normalized spacial score (nSPS) is 22.4. The molecule has 112 valence electrons. The van der Waals surface area contributed by atoms with Crippen molar-refractivity contribution in [2.75, 3.05) is 26.3 Å². The molecule has 2 atom stereocenters. The van der Waals surface area contributed by atoms with Crippen LogP contribution in [0.5, 0.6) is 5.75 Å². The monoisotopic (exact) mass is 277 g/mol. The van der Waals surface area contributed by atoms with Gasteiger partial charge in [-0.05, 0) is 43.5 Å². The lowest BCUT2D eigenvalue weighted by Gasteiger charge is -2.20. The average Bonchev–Trinajstić information content (AvgIpc) is 2.87. The van der Waals surface area contributed by atoms with E-state index in [-0.39, 0.29) is 6.10 Å². The fourth-order valence-corrected chi connectivity index (χ4v) is 2.72. The second kappa shape index (κ2) is 7.65. The fourth-order valence-electron chi connectivity index (χ4n) is 2.72. The van der Waals surface area contributed by atoms with Gasteiger partial charge < -0.3 is 14.8 Å². The van der Waals surface area contributed by atoms with Crippen molar-refractivity contribution in [2.24, 2.45) is 11.8 Å². The van der Waals surface area contributed by atoms with Gasteiger partial charge in [-0.25, -0.2) is 0 Å². The molecule has 3 heteroatoms. The zero-order valence-electron chi connectivity index (χ0n) is 12.9. The topological polar surface area (TPSA) is 30.5 Å². The van der Waals surface area contributed by atoms with Crippen molar-refractivity contribution in [2.45, 2.75) is 33.3 Å². The number of hydrogen-bond acceptors (Lipinski definition) is 3. The molecular formula is C17H27NO2. The molecule has 1 aliphatic rings. The van der Waals surface area contributed by atoms with Gasteiger partial charge in [0.05, 0.1) is 12.7 Å². The third-order valence-corrected chi connectivity index (χ3v) is 3.67. The van der Waals surface area contributed by atoms with E-state index in [4.69, 9.17) is 9.47 Å². The molecule has 1 saturated heterocycles. The molecular weight excluding hydrogens is 250 g/mol. The van der Waals surface area contributed by atoms with Gasteiger partial charge in [-0.1, -0.05) is 26.0 Å². The van der Waals surface area contributed by atoms with Crippen LogP contribution in [0.2, 0.25) is 0 Å². The molecule has 0 bridgehead atoms. The summed E-state index contributed by atoms with van der Waals surface area (Å²) >= 11 is 0. The lowest BCUT2D eigenvalue weighted by molar-refractivity contribution is 0.0901. The maximum atomic E-state index is 5.95. The summed E-state index contributed by atoms with van der Waals surface area (Å²) in [6, 6.07) is 8.33. The first kappa shape index (κ1) is 15.3. The number of benzene rings is 1. The predicted molar refractivity (Wildman–Crippen MR) is 82.1 cm³/mol. The second-order valence-corrected chi connectivity index (χ2v) is 5.90. The van der Waals surface area contributed by atoms with Crippen molar-refractivity contribution < 1.29 is 9.47 Å². The Bertz CT molecular complexity index is 406. The predicted octanol–water partition coefficient (Wildman–Crippen LogP) is 3.41. The summed E-state index contributed by atoms with van der Waals surface area (Å²) in [6.07, 6.45) is 1.34. The molecule has 0 amide bonds. The van der Waals surface area contributed by atoms with Crippen LogP contribution in [0.3, 0.4) is 0 Å². The largest absolute Gasteiger partial charge is 0.494 e. The summed E-state index contributed by atoms with van der Waals surface area (Å²) in [6.45, 7) is 10.1. The van der Waals surface area contributed by atoms with E-state index in [1.54, 1.807) is 0 Å². The van der Waals surface area contributed by atoms with Crippen LogP contribution in [-0.2, 0) is 4.74 Å². The number of rotatable bonds is 7. The Kier molecular flexibility index (Phi) is 5.86. The molecule has 1 aromatic carbocycles. The third-order valence-electron chi connectivity index (χ3n) is 3.67. The Hall–Kier alpha value is -1.06. The van der Waals surface area contributed by atoms with Crippen LogP contribution in [0.15, 0.2) is 24.3 Å². The summed E-state index contributed by atoms with van der Waals surface area (Å²) in [5.74, 6) is 2.19. The lowest BCUT2D eigenvalue weighted by Crippen LogP contribution is -2.27. The van der Waals surface area contributed by atoms with Crippen molar-refractivity contribution in [3.05, 3.63) is 29.8 Å². The summed E-state index contributed by atoms with van der Waals surface area (Å²) in [5.41, 5.74) is 1.24. The van der Waals surface area contributed by atoms with Crippen molar-refractivity contribution in [1.82, 2.24) is 5.32 Å². The van der Waals surface area contributed by atoms with E-state index >= 15 is 0 Å². The molecule has 3 nitrogen and oxygen atoms in total. The lowest BCUT2D eigenvalue weighted by atomic mass is 9.95. The molecule has 1 aromatic rings. The molecule has 0 aromatic heterocycles. The molecule has 1 heterocycles. The highest BCUT2D eigenvalue weighted by molar-refractivity contribution is 5.30. The van der Waals surface area contributed by atoms with E-state index in [2.05, 4.69) is 37.4 Å². The van der Waals surface area contributed by atoms with Crippen molar-refractivity contribution in [1.29, 1.82) is 0 Å². The maximum absolute atomic E-state index is 5.95. The molecule has 1 aliphatic heterocycles. The van der Waals surface area contributed by atoms with E-state index in [1.165, 1.54) is 5.56 Å². The second-order valence-electron chi connectivity index (χ2n) is 5.90. The molecule has 0 saturated carbocycles. The minimum absolute atomic E-state index is 0.204. The van der Waals surface area contributed by atoms with Crippen molar-refractivity contribution >= 4 is 0 Å². The van der Waals surface area contributed by atoms with Crippen LogP contribution in [0.1, 0.15) is 38.9 Å². The summed E-state index contributed by atoms with van der Waals surface area (Å²) in [5, 5.41) is 3.56. The van der Waals surface area contributed by atoms with Gasteiger partial charge in [-0.2, -0.15) is 0 Å². The smallest absolute Gasteiger partial charge is 0.119 e. The van der Waals surface area contributed by atoms with Gasteiger partial charge in [0.15, 0.2) is 0 Å². The molecule has 0 radical (unpaired) electrons. The van der Waals surface area contributed by atoms with E-state index < -0.39 is 0 Å². The average molecular weight is 277 g/mol. The maximum Gasteiger partial charge on any atom is 0.119 e. The number of hydrogen-bond donors (Lipinski definition) is 1. The van der Waals surface area contributed by atoms with E-state index in [0.717, 1.165) is 31.9 Å². The summed E-state index contributed by atoms with van der Waals surface area (Å²) in [7, 11) is 0. The van der Waals surface area contributed by atoms with Gasteiger partial charge in [-0.15, -0.1) is 0 Å². The summed E-state index contributed by atoms with van der Waals surface area (Å²) in [4.78, 5) is 0. The van der Waals surface area contributed by atoms with Crippen LogP contribution >= 0.6 is 0 Å². The Morgan fingerprint density at radius 2 is 2.25 bits per heavy atom. The molecule has 0 aliphatic carbocycles. The Labute approximate surface area is 122 Å². The molecule has 2 unspecified atom stereocenters. The highest BCUT2D eigenvalue weighted by atomic mass is 16.5. The first-order chi connectivity index (χ1) is 9.70. The molecule has 1 N–H and O–H groups in total. The SMILES string of the molecule is CCOc1cccc(C2OCCC2CNCC(C)C)c1. The minimum Gasteiger partial charge on any atom is -0.494 e. The van der Waals surface area contributed by atoms with Crippen LogP contribution in [0.4, 0.5) is 0 Å². The first-order valence-corrected chi connectivity index (χ1v) is 7.75. The van der Waals surface area contributed by atoms with Gasteiger partial charge in [0.1, 0.15) is 5.75 Å². The van der Waals surface area contributed by atoms with Crippen LogP contribution in [-0.4, -0.2) is 26.3 Å². The van der Waals surface area contributed by atoms with Gasteiger partial charge >= 0.3 is 0 Å². The Morgan fingerprint density at radius 3 is 3.00 bits per heavy atom. The van der Waals surface area contributed by atoms with E-state index in [1.807, 2.05) is 13.0 Å². The number of ether oxygens (including phenoxy) is 2.